The molecule has 0 spiro atoms. The summed E-state index contributed by atoms with van der Waals surface area (Å²) in [6, 6.07) is 12.3. The Morgan fingerprint density at radius 2 is 1.75 bits per heavy atom. The molecule has 1 saturated carbocycles. The zero-order valence-corrected chi connectivity index (χ0v) is 21.2. The number of nitrogens with zero attached hydrogens (tertiary/aromatic N) is 1. The smallest absolute Gasteiger partial charge is 0.390 e. The van der Waals surface area contributed by atoms with E-state index in [1.165, 1.54) is 11.6 Å². The molecular formula is C26H29BrF3N3O3. The van der Waals surface area contributed by atoms with Gasteiger partial charge in [-0.15, -0.1) is 0 Å². The van der Waals surface area contributed by atoms with E-state index in [9.17, 15) is 27.9 Å². The molecule has 36 heavy (non-hydrogen) atoms. The van der Waals surface area contributed by atoms with E-state index >= 15 is 0 Å². The number of nitrogens with one attached hydrogen (secondary N) is 2. The summed E-state index contributed by atoms with van der Waals surface area (Å²) in [6.07, 6.45) is -1.14. The van der Waals surface area contributed by atoms with Gasteiger partial charge < -0.3 is 15.7 Å². The summed E-state index contributed by atoms with van der Waals surface area (Å²) in [7, 11) is 0. The minimum atomic E-state index is -4.56. The number of hydrogen-bond acceptors (Lipinski definition) is 4. The van der Waals surface area contributed by atoms with Crippen molar-refractivity contribution in [2.24, 2.45) is 0 Å². The number of hydrogen-bond donors (Lipinski definition) is 3. The predicted octanol–water partition coefficient (Wildman–Crippen LogP) is 4.09. The van der Waals surface area contributed by atoms with Gasteiger partial charge in [0.25, 0.3) is 5.91 Å². The maximum atomic E-state index is 12.9. The van der Waals surface area contributed by atoms with Gasteiger partial charge in [-0.2, -0.15) is 13.2 Å². The van der Waals surface area contributed by atoms with Gasteiger partial charge in [-0.25, -0.2) is 0 Å². The molecule has 2 aromatic rings. The summed E-state index contributed by atoms with van der Waals surface area (Å²) in [4.78, 5) is 26.8. The topological polar surface area (TPSA) is 81.7 Å². The van der Waals surface area contributed by atoms with Crippen LogP contribution in [-0.2, 0) is 11.0 Å². The number of carbonyl (C=O) groups is 2. The van der Waals surface area contributed by atoms with E-state index in [0.29, 0.717) is 25.0 Å². The molecule has 2 aromatic carbocycles. The van der Waals surface area contributed by atoms with Crippen LogP contribution in [0.15, 0.2) is 53.0 Å². The van der Waals surface area contributed by atoms with Crippen LogP contribution in [0.5, 0.6) is 0 Å². The largest absolute Gasteiger partial charge is 0.416 e. The fourth-order valence-corrected chi connectivity index (χ4v) is 5.57. The standard InChI is InChI=1S/C26H29BrF3N3O3/c27-20-6-2-3-17(12-20)16-7-9-21(10-8-16)33-14-22(23(34)15-33)32-24(35)13-31-25(36)18-4-1-5-19(11-18)26(28,29)30/h1-6,11-12,16,21-23,34H,7-10,13-15H2,(H,31,36)(H,32,35). The summed E-state index contributed by atoms with van der Waals surface area (Å²) in [5, 5.41) is 15.6. The average Bonchev–Trinajstić information content (AvgIpc) is 3.22. The molecule has 1 aliphatic heterocycles. The van der Waals surface area contributed by atoms with Crippen molar-refractivity contribution in [3.63, 3.8) is 0 Å². The highest BCUT2D eigenvalue weighted by Gasteiger charge is 2.37. The van der Waals surface area contributed by atoms with Crippen molar-refractivity contribution in [2.75, 3.05) is 19.6 Å². The maximum absolute atomic E-state index is 12.9. The molecule has 10 heteroatoms. The fraction of sp³-hybridized carbons (Fsp3) is 0.462. The van der Waals surface area contributed by atoms with Crippen LogP contribution in [0, 0.1) is 0 Å². The number of amides is 2. The van der Waals surface area contributed by atoms with Crippen LogP contribution in [-0.4, -0.2) is 59.6 Å². The van der Waals surface area contributed by atoms with Crippen LogP contribution in [0.25, 0.3) is 0 Å². The predicted molar refractivity (Wildman–Crippen MR) is 132 cm³/mol. The molecule has 0 aromatic heterocycles. The van der Waals surface area contributed by atoms with Crippen LogP contribution in [0.3, 0.4) is 0 Å². The Bertz CT molecular complexity index is 1090. The number of β-amino-alcohol motifs (C(OH)–C–C–N with tert-alkyl or cyclic N) is 1. The maximum Gasteiger partial charge on any atom is 0.416 e. The lowest BCUT2D eigenvalue weighted by atomic mass is 9.81. The molecule has 0 radical (unpaired) electrons. The highest BCUT2D eigenvalue weighted by molar-refractivity contribution is 9.10. The zero-order chi connectivity index (χ0) is 25.9. The highest BCUT2D eigenvalue weighted by atomic mass is 79.9. The number of carbonyl (C=O) groups excluding carboxylic acids is 2. The molecule has 2 amide bonds. The monoisotopic (exact) mass is 567 g/mol. The molecule has 194 valence electrons. The molecule has 2 aliphatic rings. The van der Waals surface area contributed by atoms with Crippen molar-refractivity contribution in [1.82, 2.24) is 15.5 Å². The lowest BCUT2D eigenvalue weighted by Gasteiger charge is -2.34. The van der Waals surface area contributed by atoms with Gasteiger partial charge in [0.2, 0.25) is 5.91 Å². The normalized spacial score (nSPS) is 24.9. The van der Waals surface area contributed by atoms with Gasteiger partial charge in [0.15, 0.2) is 0 Å². The molecule has 2 fully saturated rings. The minimum absolute atomic E-state index is 0.178. The van der Waals surface area contributed by atoms with Crippen LogP contribution < -0.4 is 10.6 Å². The van der Waals surface area contributed by atoms with E-state index in [0.717, 1.165) is 48.4 Å². The number of aliphatic hydroxyl groups is 1. The molecule has 1 aliphatic carbocycles. The molecule has 0 bridgehead atoms. The summed E-state index contributed by atoms with van der Waals surface area (Å²) >= 11 is 3.53. The van der Waals surface area contributed by atoms with Gasteiger partial charge in [0.1, 0.15) is 0 Å². The molecule has 1 saturated heterocycles. The van der Waals surface area contributed by atoms with Crippen molar-refractivity contribution in [3.8, 4) is 0 Å². The van der Waals surface area contributed by atoms with Crippen molar-refractivity contribution in [2.45, 2.75) is 56.0 Å². The number of benzene rings is 2. The molecule has 4 rings (SSSR count). The van der Waals surface area contributed by atoms with Crippen molar-refractivity contribution < 1.29 is 27.9 Å². The third kappa shape index (κ3) is 6.66. The Balaban J connectivity index is 1.23. The summed E-state index contributed by atoms with van der Waals surface area (Å²) in [6.45, 7) is 0.588. The van der Waals surface area contributed by atoms with E-state index in [-0.39, 0.29) is 5.56 Å². The van der Waals surface area contributed by atoms with Crippen LogP contribution in [0.2, 0.25) is 0 Å². The zero-order valence-electron chi connectivity index (χ0n) is 19.6. The first-order chi connectivity index (χ1) is 17.1. The molecule has 6 nitrogen and oxygen atoms in total. The van der Waals surface area contributed by atoms with Gasteiger partial charge in [0, 0.05) is 29.2 Å². The first-order valence-corrected chi connectivity index (χ1v) is 12.8. The Labute approximate surface area is 216 Å². The third-order valence-corrected chi connectivity index (χ3v) is 7.55. The highest BCUT2D eigenvalue weighted by Crippen LogP contribution is 2.36. The molecule has 2 unspecified atom stereocenters. The van der Waals surface area contributed by atoms with Gasteiger partial charge in [-0.3, -0.25) is 14.5 Å². The number of aliphatic hydroxyl groups excluding tert-OH is 1. The minimum Gasteiger partial charge on any atom is -0.390 e. The van der Waals surface area contributed by atoms with Gasteiger partial charge in [-0.05, 0) is 67.5 Å². The lowest BCUT2D eigenvalue weighted by molar-refractivity contribution is -0.137. The first-order valence-electron chi connectivity index (χ1n) is 12.0. The second-order valence-corrected chi connectivity index (χ2v) is 10.4. The Morgan fingerprint density at radius 1 is 1.03 bits per heavy atom. The summed E-state index contributed by atoms with van der Waals surface area (Å²) < 4.78 is 39.7. The summed E-state index contributed by atoms with van der Waals surface area (Å²) in [5.74, 6) is -0.756. The molecule has 3 N–H and O–H groups in total. The SMILES string of the molecule is O=C(CNC(=O)c1cccc(C(F)(F)F)c1)NC1CN(C2CCC(c3cccc(Br)c3)CC2)CC1O. The number of likely N-dealkylation sites (tertiary alicyclic amines) is 1. The molecular weight excluding hydrogens is 539 g/mol. The van der Waals surface area contributed by atoms with E-state index in [1.807, 2.05) is 6.07 Å². The van der Waals surface area contributed by atoms with Crippen molar-refractivity contribution in [1.29, 1.82) is 0 Å². The number of alkyl halides is 3. The second-order valence-electron chi connectivity index (χ2n) is 9.52. The van der Waals surface area contributed by atoms with Gasteiger partial charge in [0.05, 0.1) is 24.3 Å². The quantitative estimate of drug-likeness (QED) is 0.491. The van der Waals surface area contributed by atoms with Gasteiger partial charge >= 0.3 is 6.18 Å². The number of halogens is 4. The Morgan fingerprint density at radius 3 is 2.44 bits per heavy atom. The lowest BCUT2D eigenvalue weighted by Crippen LogP contribution is -2.47. The fourth-order valence-electron chi connectivity index (χ4n) is 5.15. The Hall–Kier alpha value is -2.43. The average molecular weight is 568 g/mol. The second kappa shape index (κ2) is 11.3. The van der Waals surface area contributed by atoms with Crippen molar-refractivity contribution >= 4 is 27.7 Å². The molecule has 1 heterocycles. The number of rotatable bonds is 6. The van der Waals surface area contributed by atoms with E-state index < -0.39 is 42.2 Å². The van der Waals surface area contributed by atoms with Crippen molar-refractivity contribution in [3.05, 3.63) is 69.7 Å². The summed E-state index contributed by atoms with van der Waals surface area (Å²) in [5.41, 5.74) is 0.226. The van der Waals surface area contributed by atoms with Crippen LogP contribution in [0.4, 0.5) is 13.2 Å². The van der Waals surface area contributed by atoms with E-state index in [2.05, 4.69) is 49.7 Å². The first kappa shape index (κ1) is 26.6. The van der Waals surface area contributed by atoms with E-state index in [4.69, 9.17) is 0 Å². The van der Waals surface area contributed by atoms with Gasteiger partial charge in [-0.1, -0.05) is 34.1 Å². The third-order valence-electron chi connectivity index (χ3n) is 7.06. The van der Waals surface area contributed by atoms with E-state index in [1.54, 1.807) is 0 Å². The van der Waals surface area contributed by atoms with Crippen LogP contribution in [0.1, 0.15) is 53.1 Å². The Kier molecular flexibility index (Phi) is 8.37. The molecule has 2 atom stereocenters. The van der Waals surface area contributed by atoms with Crippen LogP contribution >= 0.6 is 15.9 Å².